The van der Waals surface area contributed by atoms with E-state index in [1.54, 1.807) is 4.90 Å². The molecule has 4 rings (SSSR count). The van der Waals surface area contributed by atoms with Gasteiger partial charge in [0.15, 0.2) is 0 Å². The lowest BCUT2D eigenvalue weighted by molar-refractivity contribution is -0.147. The highest BCUT2D eigenvalue weighted by Crippen LogP contribution is 2.29. The Balaban J connectivity index is 1.34. The lowest BCUT2D eigenvalue weighted by Crippen LogP contribution is -2.56. The van der Waals surface area contributed by atoms with Crippen LogP contribution in [0.2, 0.25) is 0 Å². The van der Waals surface area contributed by atoms with E-state index in [-0.39, 0.29) is 29.7 Å². The molecule has 1 aromatic heterocycles. The van der Waals surface area contributed by atoms with Gasteiger partial charge in [0.05, 0.1) is 6.20 Å². The van der Waals surface area contributed by atoms with Crippen molar-refractivity contribution in [2.45, 2.75) is 51.0 Å². The van der Waals surface area contributed by atoms with Gasteiger partial charge in [-0.25, -0.2) is 4.98 Å². The Morgan fingerprint density at radius 2 is 1.52 bits per heavy atom. The van der Waals surface area contributed by atoms with E-state index in [1.165, 1.54) is 25.0 Å². The molecular weight excluding hydrogens is 370 g/mol. The van der Waals surface area contributed by atoms with Crippen molar-refractivity contribution >= 4 is 17.7 Å². The van der Waals surface area contributed by atoms with Gasteiger partial charge in [-0.3, -0.25) is 19.4 Å². The van der Waals surface area contributed by atoms with Crippen LogP contribution in [-0.2, 0) is 9.59 Å². The van der Waals surface area contributed by atoms with Crippen LogP contribution in [-0.4, -0.2) is 81.2 Å². The second-order valence-corrected chi connectivity index (χ2v) is 8.23. The molecular formula is C21H29N5O3. The van der Waals surface area contributed by atoms with Crippen molar-refractivity contribution in [2.75, 3.05) is 32.7 Å². The first-order chi connectivity index (χ1) is 14.1. The fourth-order valence-electron chi connectivity index (χ4n) is 4.78. The molecule has 2 aliphatic heterocycles. The summed E-state index contributed by atoms with van der Waals surface area (Å²) in [7, 11) is 0. The molecule has 0 bridgehead atoms. The first kappa shape index (κ1) is 19.8. The molecule has 3 heterocycles. The minimum Gasteiger partial charge on any atom is -0.337 e. The summed E-state index contributed by atoms with van der Waals surface area (Å²) in [5, 5.41) is 0. The average Bonchev–Trinajstić information content (AvgIpc) is 3.29. The number of hydrogen-bond acceptors (Lipinski definition) is 5. The van der Waals surface area contributed by atoms with Crippen LogP contribution in [0.1, 0.15) is 55.4 Å². The van der Waals surface area contributed by atoms with Gasteiger partial charge in [-0.05, 0) is 25.7 Å². The van der Waals surface area contributed by atoms with Gasteiger partial charge in [-0.1, -0.05) is 19.3 Å². The van der Waals surface area contributed by atoms with E-state index in [0.29, 0.717) is 38.4 Å². The number of hydrogen-bond donors (Lipinski definition) is 0. The van der Waals surface area contributed by atoms with Crippen LogP contribution in [0.3, 0.4) is 0 Å². The number of rotatable bonds is 3. The van der Waals surface area contributed by atoms with Crippen molar-refractivity contribution in [1.29, 1.82) is 0 Å². The first-order valence-corrected chi connectivity index (χ1v) is 10.8. The predicted molar refractivity (Wildman–Crippen MR) is 106 cm³/mol. The number of likely N-dealkylation sites (tertiary alicyclic amines) is 1. The summed E-state index contributed by atoms with van der Waals surface area (Å²) >= 11 is 0. The molecule has 3 aliphatic rings. The molecule has 1 saturated carbocycles. The number of piperazine rings is 1. The molecule has 1 atom stereocenters. The van der Waals surface area contributed by atoms with E-state index in [4.69, 9.17) is 0 Å². The second kappa shape index (κ2) is 8.88. The largest absolute Gasteiger partial charge is 0.337 e. The Morgan fingerprint density at radius 1 is 0.793 bits per heavy atom. The lowest BCUT2D eigenvalue weighted by Gasteiger charge is -2.38. The number of nitrogens with zero attached hydrogens (tertiary/aromatic N) is 5. The maximum atomic E-state index is 13.2. The van der Waals surface area contributed by atoms with Crippen molar-refractivity contribution in [1.82, 2.24) is 24.7 Å². The molecule has 0 aromatic carbocycles. The van der Waals surface area contributed by atoms with Gasteiger partial charge >= 0.3 is 0 Å². The van der Waals surface area contributed by atoms with Crippen LogP contribution in [0.25, 0.3) is 0 Å². The fraction of sp³-hybridized carbons (Fsp3) is 0.667. The first-order valence-electron chi connectivity index (χ1n) is 10.8. The van der Waals surface area contributed by atoms with E-state index in [2.05, 4.69) is 9.97 Å². The van der Waals surface area contributed by atoms with Crippen molar-refractivity contribution in [3.05, 3.63) is 24.3 Å². The second-order valence-electron chi connectivity index (χ2n) is 8.23. The zero-order chi connectivity index (χ0) is 20.2. The minimum absolute atomic E-state index is 0.0401. The number of carbonyl (C=O) groups is 3. The van der Waals surface area contributed by atoms with Crippen molar-refractivity contribution < 1.29 is 14.4 Å². The quantitative estimate of drug-likeness (QED) is 0.765. The molecule has 3 fully saturated rings. The molecule has 1 unspecified atom stereocenters. The molecule has 8 heteroatoms. The van der Waals surface area contributed by atoms with Crippen LogP contribution in [0.4, 0.5) is 0 Å². The fourth-order valence-corrected chi connectivity index (χ4v) is 4.78. The zero-order valence-corrected chi connectivity index (χ0v) is 16.8. The SMILES string of the molecule is O=C(c1cnccn1)N1CCN(C(=O)C2CCCN2C(=O)C2CCCCC2)CC1. The van der Waals surface area contributed by atoms with Crippen LogP contribution in [0.15, 0.2) is 18.6 Å². The summed E-state index contributed by atoms with van der Waals surface area (Å²) in [5.74, 6) is 0.161. The van der Waals surface area contributed by atoms with Gasteiger partial charge in [-0.15, -0.1) is 0 Å². The zero-order valence-electron chi connectivity index (χ0n) is 16.8. The third-order valence-electron chi connectivity index (χ3n) is 6.44. The van der Waals surface area contributed by atoms with E-state index in [1.807, 2.05) is 9.80 Å². The molecule has 8 nitrogen and oxygen atoms in total. The molecule has 0 radical (unpaired) electrons. The number of amides is 3. The average molecular weight is 399 g/mol. The van der Waals surface area contributed by atoms with Crippen LogP contribution in [0.5, 0.6) is 0 Å². The molecule has 29 heavy (non-hydrogen) atoms. The molecule has 1 aromatic rings. The van der Waals surface area contributed by atoms with E-state index >= 15 is 0 Å². The van der Waals surface area contributed by atoms with Gasteiger partial charge in [0.25, 0.3) is 5.91 Å². The van der Waals surface area contributed by atoms with Crippen LogP contribution in [0, 0.1) is 5.92 Å². The van der Waals surface area contributed by atoms with Gasteiger partial charge in [0.1, 0.15) is 11.7 Å². The summed E-state index contributed by atoms with van der Waals surface area (Å²) in [4.78, 5) is 52.0. The highest BCUT2D eigenvalue weighted by Gasteiger charge is 2.40. The Bertz CT molecular complexity index is 742. The summed E-state index contributed by atoms with van der Waals surface area (Å²) < 4.78 is 0. The standard InChI is InChI=1S/C21H29N5O3/c27-19(16-5-2-1-3-6-16)26-10-4-7-18(26)21(29)25-13-11-24(12-14-25)20(28)17-15-22-8-9-23-17/h8-9,15-16,18H,1-7,10-14H2. The monoisotopic (exact) mass is 399 g/mol. The van der Waals surface area contributed by atoms with Gasteiger partial charge in [0, 0.05) is 51.0 Å². The van der Waals surface area contributed by atoms with Gasteiger partial charge < -0.3 is 14.7 Å². The van der Waals surface area contributed by atoms with Crippen LogP contribution >= 0.6 is 0 Å². The van der Waals surface area contributed by atoms with E-state index in [9.17, 15) is 14.4 Å². The number of aromatic nitrogens is 2. The van der Waals surface area contributed by atoms with Crippen molar-refractivity contribution in [3.8, 4) is 0 Å². The molecule has 2 saturated heterocycles. The maximum absolute atomic E-state index is 13.2. The highest BCUT2D eigenvalue weighted by molar-refractivity contribution is 5.92. The topological polar surface area (TPSA) is 86.7 Å². The smallest absolute Gasteiger partial charge is 0.274 e. The van der Waals surface area contributed by atoms with E-state index < -0.39 is 0 Å². The molecule has 0 spiro atoms. The predicted octanol–water partition coefficient (Wildman–Crippen LogP) is 1.33. The van der Waals surface area contributed by atoms with Crippen molar-refractivity contribution in [3.63, 3.8) is 0 Å². The summed E-state index contributed by atoms with van der Waals surface area (Å²) in [6.07, 6.45) is 11.5. The summed E-state index contributed by atoms with van der Waals surface area (Å²) in [6, 6.07) is -0.327. The number of carbonyl (C=O) groups excluding carboxylic acids is 3. The maximum Gasteiger partial charge on any atom is 0.274 e. The molecule has 0 N–H and O–H groups in total. The third-order valence-corrected chi connectivity index (χ3v) is 6.44. The summed E-state index contributed by atoms with van der Waals surface area (Å²) in [6.45, 7) is 2.63. The van der Waals surface area contributed by atoms with Crippen LogP contribution < -0.4 is 0 Å². The Morgan fingerprint density at radius 3 is 2.21 bits per heavy atom. The normalized spacial score (nSPS) is 23.3. The Hall–Kier alpha value is -2.51. The summed E-state index contributed by atoms with van der Waals surface area (Å²) in [5.41, 5.74) is 0.326. The third kappa shape index (κ3) is 4.26. The minimum atomic E-state index is -0.327. The highest BCUT2D eigenvalue weighted by atomic mass is 16.2. The van der Waals surface area contributed by atoms with E-state index in [0.717, 1.165) is 38.5 Å². The Labute approximate surface area is 171 Å². The molecule has 156 valence electrons. The van der Waals surface area contributed by atoms with Crippen molar-refractivity contribution in [2.24, 2.45) is 5.92 Å². The van der Waals surface area contributed by atoms with Gasteiger partial charge in [0.2, 0.25) is 11.8 Å². The lowest BCUT2D eigenvalue weighted by atomic mass is 9.88. The molecule has 1 aliphatic carbocycles. The molecule has 3 amide bonds. The van der Waals surface area contributed by atoms with Gasteiger partial charge in [-0.2, -0.15) is 0 Å². The Kier molecular flexibility index (Phi) is 6.06.